The molecule has 1 aromatic carbocycles. The van der Waals surface area contributed by atoms with Crippen molar-refractivity contribution >= 4 is 22.7 Å². The Morgan fingerprint density at radius 3 is 2.77 bits per heavy atom. The molecule has 5 heteroatoms. The normalized spacial score (nSPS) is 10.8. The number of hydrogen-bond acceptors (Lipinski definition) is 5. The van der Waals surface area contributed by atoms with Crippen LogP contribution in [0.25, 0.3) is 10.9 Å². The van der Waals surface area contributed by atoms with Crippen LogP contribution < -0.4 is 4.74 Å². The zero-order chi connectivity index (χ0) is 15.9. The monoisotopic (exact) mass is 299 g/mol. The van der Waals surface area contributed by atoms with Crippen LogP contribution >= 0.6 is 0 Å². The molecule has 0 aliphatic rings. The highest BCUT2D eigenvalue weighted by Crippen LogP contribution is 2.27. The molecule has 0 aliphatic carbocycles. The maximum absolute atomic E-state index is 12.2. The van der Waals surface area contributed by atoms with Gasteiger partial charge in [0.1, 0.15) is 11.3 Å². The summed E-state index contributed by atoms with van der Waals surface area (Å²) in [4.78, 5) is 27.6. The fraction of sp³-hybridized carbons (Fsp3) is 0.235. The molecule has 1 aromatic heterocycles. The molecular formula is C17H17NO4. The summed E-state index contributed by atoms with van der Waals surface area (Å²) in [6, 6.07) is 6.97. The molecule has 0 atom stereocenters. The number of hydrogen-bond donors (Lipinski definition) is 0. The second kappa shape index (κ2) is 7.36. The Hall–Kier alpha value is -2.69. The van der Waals surface area contributed by atoms with Gasteiger partial charge in [-0.1, -0.05) is 13.0 Å². The SMILES string of the molecule is CCCOc1ccc(C(=O)/C=C/C(=O)OC)c2cccnc12. The Balaban J connectivity index is 2.41. The maximum atomic E-state index is 12.2. The van der Waals surface area contributed by atoms with Crippen LogP contribution in [0.5, 0.6) is 5.75 Å². The number of carbonyl (C=O) groups is 2. The van der Waals surface area contributed by atoms with Gasteiger partial charge in [0.2, 0.25) is 0 Å². The van der Waals surface area contributed by atoms with Crippen LogP contribution in [0.1, 0.15) is 23.7 Å². The van der Waals surface area contributed by atoms with Gasteiger partial charge in [-0.2, -0.15) is 0 Å². The summed E-state index contributed by atoms with van der Waals surface area (Å²) in [5.74, 6) is -0.213. The minimum Gasteiger partial charge on any atom is -0.491 e. The van der Waals surface area contributed by atoms with Crippen molar-refractivity contribution in [3.8, 4) is 5.75 Å². The molecule has 0 unspecified atom stereocenters. The summed E-state index contributed by atoms with van der Waals surface area (Å²) in [7, 11) is 1.26. The number of ether oxygens (including phenoxy) is 2. The minimum absolute atomic E-state index is 0.287. The lowest BCUT2D eigenvalue weighted by Crippen LogP contribution is -2.02. The molecule has 0 amide bonds. The third-order valence-electron chi connectivity index (χ3n) is 3.03. The molecule has 5 nitrogen and oxygen atoms in total. The molecule has 0 N–H and O–H groups in total. The molecular weight excluding hydrogens is 282 g/mol. The molecule has 114 valence electrons. The number of aromatic nitrogens is 1. The van der Waals surface area contributed by atoms with Crippen LogP contribution in [0.4, 0.5) is 0 Å². The van der Waals surface area contributed by atoms with Gasteiger partial charge < -0.3 is 9.47 Å². The standard InChI is InChI=1S/C17H17NO4/c1-3-11-22-15-8-6-12(13-5-4-10-18-17(13)15)14(19)7-9-16(20)21-2/h4-10H,3,11H2,1-2H3/b9-7+. The zero-order valence-electron chi connectivity index (χ0n) is 12.5. The van der Waals surface area contributed by atoms with Crippen molar-refractivity contribution in [2.45, 2.75) is 13.3 Å². The second-order valence-electron chi connectivity index (χ2n) is 4.58. The van der Waals surface area contributed by atoms with Gasteiger partial charge in [0.05, 0.1) is 13.7 Å². The first-order chi connectivity index (χ1) is 10.7. The van der Waals surface area contributed by atoms with Gasteiger partial charge in [0.15, 0.2) is 5.78 Å². The summed E-state index contributed by atoms with van der Waals surface area (Å²) in [6.45, 7) is 2.60. The number of ketones is 1. The first-order valence-corrected chi connectivity index (χ1v) is 6.98. The first kappa shape index (κ1) is 15.7. The number of fused-ring (bicyclic) bond motifs is 1. The van der Waals surface area contributed by atoms with Crippen LogP contribution in [0.15, 0.2) is 42.6 Å². The molecule has 2 aromatic rings. The van der Waals surface area contributed by atoms with Gasteiger partial charge in [-0.25, -0.2) is 4.79 Å². The minimum atomic E-state index is -0.571. The predicted octanol–water partition coefficient (Wildman–Crippen LogP) is 2.94. The van der Waals surface area contributed by atoms with Crippen molar-refractivity contribution in [2.24, 2.45) is 0 Å². The lowest BCUT2D eigenvalue weighted by atomic mass is 10.0. The molecule has 0 radical (unpaired) electrons. The van der Waals surface area contributed by atoms with Gasteiger partial charge in [-0.05, 0) is 30.7 Å². The third kappa shape index (κ3) is 3.49. The molecule has 1 heterocycles. The van der Waals surface area contributed by atoms with Crippen molar-refractivity contribution in [3.63, 3.8) is 0 Å². The quantitative estimate of drug-likeness (QED) is 0.466. The van der Waals surface area contributed by atoms with Crippen LogP contribution in [-0.4, -0.2) is 30.5 Å². The fourth-order valence-electron chi connectivity index (χ4n) is 1.99. The summed E-state index contributed by atoms with van der Waals surface area (Å²) in [5.41, 5.74) is 1.10. The topological polar surface area (TPSA) is 65.5 Å². The molecule has 2 rings (SSSR count). The Labute approximate surface area is 128 Å². The van der Waals surface area contributed by atoms with E-state index in [2.05, 4.69) is 9.72 Å². The van der Waals surface area contributed by atoms with Crippen molar-refractivity contribution < 1.29 is 19.1 Å². The number of rotatable bonds is 6. The number of pyridine rings is 1. The number of allylic oxidation sites excluding steroid dienone is 1. The van der Waals surface area contributed by atoms with E-state index >= 15 is 0 Å². The highest BCUT2D eigenvalue weighted by atomic mass is 16.5. The lowest BCUT2D eigenvalue weighted by molar-refractivity contribution is -0.134. The van der Waals surface area contributed by atoms with E-state index in [1.165, 1.54) is 13.2 Å². The molecule has 0 aliphatic heterocycles. The smallest absolute Gasteiger partial charge is 0.330 e. The van der Waals surface area contributed by atoms with E-state index in [4.69, 9.17) is 4.74 Å². The average Bonchev–Trinajstić information content (AvgIpc) is 2.57. The number of carbonyl (C=O) groups excluding carboxylic acids is 2. The van der Waals surface area contributed by atoms with E-state index in [0.29, 0.717) is 28.8 Å². The first-order valence-electron chi connectivity index (χ1n) is 6.98. The van der Waals surface area contributed by atoms with Crippen molar-refractivity contribution in [2.75, 3.05) is 13.7 Å². The molecule has 22 heavy (non-hydrogen) atoms. The Morgan fingerprint density at radius 2 is 2.05 bits per heavy atom. The van der Waals surface area contributed by atoms with E-state index < -0.39 is 5.97 Å². The van der Waals surface area contributed by atoms with Gasteiger partial charge in [-0.15, -0.1) is 0 Å². The van der Waals surface area contributed by atoms with E-state index in [1.807, 2.05) is 6.92 Å². The van der Waals surface area contributed by atoms with Crippen molar-refractivity contribution in [3.05, 3.63) is 48.2 Å². The Kier molecular flexibility index (Phi) is 5.25. The van der Waals surface area contributed by atoms with E-state index in [1.54, 1.807) is 30.5 Å². The summed E-state index contributed by atoms with van der Waals surface area (Å²) in [6.07, 6.45) is 4.84. The van der Waals surface area contributed by atoms with Crippen LogP contribution in [0, 0.1) is 0 Å². The number of nitrogens with zero attached hydrogens (tertiary/aromatic N) is 1. The van der Waals surface area contributed by atoms with Crippen molar-refractivity contribution in [1.82, 2.24) is 4.98 Å². The lowest BCUT2D eigenvalue weighted by Gasteiger charge is -2.09. The third-order valence-corrected chi connectivity index (χ3v) is 3.03. The predicted molar refractivity (Wildman–Crippen MR) is 83.0 cm³/mol. The zero-order valence-corrected chi connectivity index (χ0v) is 12.5. The summed E-state index contributed by atoms with van der Waals surface area (Å²) in [5, 5.41) is 0.690. The summed E-state index contributed by atoms with van der Waals surface area (Å²) < 4.78 is 10.1. The second-order valence-corrected chi connectivity index (χ2v) is 4.58. The number of esters is 1. The van der Waals surface area contributed by atoms with E-state index in [-0.39, 0.29) is 5.78 Å². The van der Waals surface area contributed by atoms with E-state index in [0.717, 1.165) is 12.5 Å². The Morgan fingerprint density at radius 1 is 1.23 bits per heavy atom. The summed E-state index contributed by atoms with van der Waals surface area (Å²) >= 11 is 0. The van der Waals surface area contributed by atoms with Gasteiger partial charge >= 0.3 is 5.97 Å². The highest BCUT2D eigenvalue weighted by Gasteiger charge is 2.12. The van der Waals surface area contributed by atoms with Gasteiger partial charge in [-0.3, -0.25) is 9.78 Å². The van der Waals surface area contributed by atoms with Crippen LogP contribution in [0.2, 0.25) is 0 Å². The molecule has 0 spiro atoms. The number of benzene rings is 1. The van der Waals surface area contributed by atoms with Gasteiger partial charge in [0, 0.05) is 23.2 Å². The van der Waals surface area contributed by atoms with Crippen molar-refractivity contribution in [1.29, 1.82) is 0 Å². The van der Waals surface area contributed by atoms with E-state index in [9.17, 15) is 9.59 Å². The number of methoxy groups -OCH3 is 1. The largest absolute Gasteiger partial charge is 0.491 e. The maximum Gasteiger partial charge on any atom is 0.330 e. The highest BCUT2D eigenvalue weighted by molar-refractivity contribution is 6.14. The van der Waals surface area contributed by atoms with Crippen LogP contribution in [-0.2, 0) is 9.53 Å². The molecule has 0 saturated heterocycles. The fourth-order valence-corrected chi connectivity index (χ4v) is 1.99. The molecule has 0 fully saturated rings. The van der Waals surface area contributed by atoms with Gasteiger partial charge in [0.25, 0.3) is 0 Å². The molecule has 0 saturated carbocycles. The van der Waals surface area contributed by atoms with Crippen LogP contribution in [0.3, 0.4) is 0 Å². The molecule has 0 bridgehead atoms. The average molecular weight is 299 g/mol. The Bertz CT molecular complexity index is 722.